The molecule has 0 bridgehead atoms. The lowest BCUT2D eigenvalue weighted by atomic mass is 10.1. The maximum Gasteiger partial charge on any atom is 0.321 e. The molecule has 0 unspecified atom stereocenters. The summed E-state index contributed by atoms with van der Waals surface area (Å²) in [5.41, 5.74) is 0.709. The van der Waals surface area contributed by atoms with E-state index < -0.39 is 0 Å². The molecule has 3 rings (SSSR count). The lowest BCUT2D eigenvalue weighted by Crippen LogP contribution is -2.43. The minimum absolute atomic E-state index is 0.0900. The van der Waals surface area contributed by atoms with Crippen molar-refractivity contribution in [2.45, 2.75) is 18.9 Å². The number of anilines is 1. The zero-order valence-electron chi connectivity index (χ0n) is 12.5. The number of nitrogens with one attached hydrogen (secondary N) is 1. The van der Waals surface area contributed by atoms with Crippen LogP contribution >= 0.6 is 0 Å². The van der Waals surface area contributed by atoms with Crippen LogP contribution in [0.5, 0.6) is 5.75 Å². The van der Waals surface area contributed by atoms with E-state index in [2.05, 4.69) is 15.4 Å². The SMILES string of the molecule is Cn1cc(NC(=O)N2CCC(Oc3cccnc3)CC2)cn1. The molecule has 2 amide bonds. The fourth-order valence-corrected chi connectivity index (χ4v) is 2.47. The highest BCUT2D eigenvalue weighted by molar-refractivity contribution is 5.89. The highest BCUT2D eigenvalue weighted by atomic mass is 16.5. The summed E-state index contributed by atoms with van der Waals surface area (Å²) in [5.74, 6) is 0.778. The molecule has 1 N–H and O–H groups in total. The third-order valence-corrected chi connectivity index (χ3v) is 3.62. The second kappa shape index (κ2) is 6.46. The number of pyridine rings is 1. The van der Waals surface area contributed by atoms with E-state index in [1.807, 2.05) is 19.2 Å². The molecule has 0 aliphatic carbocycles. The molecule has 7 nitrogen and oxygen atoms in total. The average Bonchev–Trinajstić information content (AvgIpc) is 2.94. The van der Waals surface area contributed by atoms with Crippen LogP contribution in [0.1, 0.15) is 12.8 Å². The van der Waals surface area contributed by atoms with Gasteiger partial charge in [-0.05, 0) is 12.1 Å². The quantitative estimate of drug-likeness (QED) is 0.939. The smallest absolute Gasteiger partial charge is 0.321 e. The minimum Gasteiger partial charge on any atom is -0.489 e. The molecular formula is C15H19N5O2. The minimum atomic E-state index is -0.0900. The van der Waals surface area contributed by atoms with Crippen molar-refractivity contribution in [3.8, 4) is 5.75 Å². The summed E-state index contributed by atoms with van der Waals surface area (Å²) in [6, 6.07) is 3.66. The number of piperidine rings is 1. The van der Waals surface area contributed by atoms with Gasteiger partial charge in [-0.1, -0.05) is 0 Å². The highest BCUT2D eigenvalue weighted by Crippen LogP contribution is 2.18. The largest absolute Gasteiger partial charge is 0.489 e. The van der Waals surface area contributed by atoms with Crippen LogP contribution in [-0.4, -0.2) is 44.9 Å². The van der Waals surface area contributed by atoms with E-state index in [0.717, 1.165) is 18.6 Å². The van der Waals surface area contributed by atoms with E-state index in [1.54, 1.807) is 34.4 Å². The van der Waals surface area contributed by atoms with Crippen LogP contribution in [0.2, 0.25) is 0 Å². The molecule has 1 aliphatic rings. The van der Waals surface area contributed by atoms with Crippen LogP contribution in [0.25, 0.3) is 0 Å². The number of ether oxygens (including phenoxy) is 1. The lowest BCUT2D eigenvalue weighted by Gasteiger charge is -2.32. The van der Waals surface area contributed by atoms with Crippen LogP contribution in [-0.2, 0) is 7.05 Å². The number of amides is 2. The first-order valence-corrected chi connectivity index (χ1v) is 7.32. The number of nitrogens with zero attached hydrogens (tertiary/aromatic N) is 4. The summed E-state index contributed by atoms with van der Waals surface area (Å²) >= 11 is 0. The van der Waals surface area contributed by atoms with Gasteiger partial charge in [-0.3, -0.25) is 9.67 Å². The Morgan fingerprint density at radius 3 is 2.82 bits per heavy atom. The second-order valence-electron chi connectivity index (χ2n) is 5.33. The van der Waals surface area contributed by atoms with Crippen LogP contribution in [0.15, 0.2) is 36.9 Å². The fraction of sp³-hybridized carbons (Fsp3) is 0.400. The number of likely N-dealkylation sites (tertiary alicyclic amines) is 1. The molecule has 0 saturated carbocycles. The Kier molecular flexibility index (Phi) is 4.22. The summed E-state index contributed by atoms with van der Waals surface area (Å²) in [5, 5.41) is 6.88. The topological polar surface area (TPSA) is 72.3 Å². The first kappa shape index (κ1) is 14.4. The van der Waals surface area contributed by atoms with E-state index in [9.17, 15) is 4.79 Å². The summed E-state index contributed by atoms with van der Waals surface area (Å²) < 4.78 is 7.53. The molecule has 1 aliphatic heterocycles. The molecular weight excluding hydrogens is 282 g/mol. The number of rotatable bonds is 3. The van der Waals surface area contributed by atoms with E-state index in [0.29, 0.717) is 18.8 Å². The molecule has 116 valence electrons. The van der Waals surface area contributed by atoms with Gasteiger partial charge in [0.1, 0.15) is 11.9 Å². The summed E-state index contributed by atoms with van der Waals surface area (Å²) in [7, 11) is 1.82. The third kappa shape index (κ3) is 3.55. The number of aromatic nitrogens is 3. The predicted octanol–water partition coefficient (Wildman–Crippen LogP) is 1.89. The summed E-state index contributed by atoms with van der Waals surface area (Å²) in [6.45, 7) is 1.36. The van der Waals surface area contributed by atoms with Crippen LogP contribution in [0.4, 0.5) is 10.5 Å². The van der Waals surface area contributed by atoms with Gasteiger partial charge in [0, 0.05) is 45.4 Å². The van der Waals surface area contributed by atoms with Crippen molar-refractivity contribution in [3.63, 3.8) is 0 Å². The summed E-state index contributed by atoms with van der Waals surface area (Å²) in [4.78, 5) is 18.0. The number of urea groups is 1. The van der Waals surface area contributed by atoms with Crippen molar-refractivity contribution in [3.05, 3.63) is 36.9 Å². The average molecular weight is 301 g/mol. The van der Waals surface area contributed by atoms with Gasteiger partial charge in [-0.15, -0.1) is 0 Å². The molecule has 0 radical (unpaired) electrons. The first-order chi connectivity index (χ1) is 10.7. The van der Waals surface area contributed by atoms with E-state index in [4.69, 9.17) is 4.74 Å². The molecule has 22 heavy (non-hydrogen) atoms. The standard InChI is InChI=1S/C15H19N5O2/c1-19-11-12(9-17-19)18-15(21)20-7-4-13(5-8-20)22-14-3-2-6-16-10-14/h2-3,6,9-11,13H,4-5,7-8H2,1H3,(H,18,21). The maximum atomic E-state index is 12.2. The number of carbonyl (C=O) groups excluding carboxylic acids is 1. The first-order valence-electron chi connectivity index (χ1n) is 7.32. The Labute approximate surface area is 128 Å². The highest BCUT2D eigenvalue weighted by Gasteiger charge is 2.24. The molecule has 2 aromatic rings. The van der Waals surface area contributed by atoms with Gasteiger partial charge in [0.25, 0.3) is 0 Å². The molecule has 0 spiro atoms. The molecule has 3 heterocycles. The monoisotopic (exact) mass is 301 g/mol. The Balaban J connectivity index is 1.48. The van der Waals surface area contributed by atoms with Crippen molar-refractivity contribution in [1.29, 1.82) is 0 Å². The van der Waals surface area contributed by atoms with Gasteiger partial charge in [-0.25, -0.2) is 4.79 Å². The molecule has 7 heteroatoms. The van der Waals surface area contributed by atoms with E-state index >= 15 is 0 Å². The van der Waals surface area contributed by atoms with E-state index in [-0.39, 0.29) is 12.1 Å². The lowest BCUT2D eigenvalue weighted by molar-refractivity contribution is 0.115. The molecule has 1 fully saturated rings. The molecule has 0 atom stereocenters. The van der Waals surface area contributed by atoms with Gasteiger partial charge in [0.05, 0.1) is 18.1 Å². The molecule has 2 aromatic heterocycles. The second-order valence-corrected chi connectivity index (χ2v) is 5.33. The van der Waals surface area contributed by atoms with Crippen LogP contribution < -0.4 is 10.1 Å². The number of aryl methyl sites for hydroxylation is 1. The van der Waals surface area contributed by atoms with Crippen LogP contribution in [0.3, 0.4) is 0 Å². The maximum absolute atomic E-state index is 12.2. The Bertz CT molecular complexity index is 620. The predicted molar refractivity (Wildman–Crippen MR) is 81.7 cm³/mol. The van der Waals surface area contributed by atoms with Gasteiger partial charge >= 0.3 is 6.03 Å². The number of hydrogen-bond acceptors (Lipinski definition) is 4. The normalized spacial score (nSPS) is 15.6. The Morgan fingerprint density at radius 1 is 1.36 bits per heavy atom. The van der Waals surface area contributed by atoms with Gasteiger partial charge in [0.15, 0.2) is 0 Å². The van der Waals surface area contributed by atoms with Crippen molar-refractivity contribution in [2.75, 3.05) is 18.4 Å². The van der Waals surface area contributed by atoms with Gasteiger partial charge in [0.2, 0.25) is 0 Å². The van der Waals surface area contributed by atoms with Crippen molar-refractivity contribution < 1.29 is 9.53 Å². The Morgan fingerprint density at radius 2 is 2.18 bits per heavy atom. The van der Waals surface area contributed by atoms with E-state index in [1.165, 1.54) is 0 Å². The zero-order valence-corrected chi connectivity index (χ0v) is 12.5. The van der Waals surface area contributed by atoms with Crippen LogP contribution in [0, 0.1) is 0 Å². The number of hydrogen-bond donors (Lipinski definition) is 1. The van der Waals surface area contributed by atoms with Gasteiger partial charge < -0.3 is 15.0 Å². The van der Waals surface area contributed by atoms with Gasteiger partial charge in [-0.2, -0.15) is 5.10 Å². The fourth-order valence-electron chi connectivity index (χ4n) is 2.47. The molecule has 0 aromatic carbocycles. The number of carbonyl (C=O) groups is 1. The summed E-state index contributed by atoms with van der Waals surface area (Å²) in [6.07, 6.45) is 8.60. The van der Waals surface area contributed by atoms with Crippen molar-refractivity contribution in [1.82, 2.24) is 19.7 Å². The Hall–Kier alpha value is -2.57. The van der Waals surface area contributed by atoms with Crippen molar-refractivity contribution in [2.24, 2.45) is 7.05 Å². The third-order valence-electron chi connectivity index (χ3n) is 3.62. The zero-order chi connectivity index (χ0) is 15.4. The molecule has 1 saturated heterocycles. The van der Waals surface area contributed by atoms with Crippen molar-refractivity contribution >= 4 is 11.7 Å².